The second-order valence-electron chi connectivity index (χ2n) is 17.6. The van der Waals surface area contributed by atoms with Gasteiger partial charge in [0.05, 0.1) is 75.7 Å². The number of rotatable bonds is 8. The van der Waals surface area contributed by atoms with E-state index in [0.717, 1.165) is 0 Å². The van der Waals surface area contributed by atoms with Gasteiger partial charge < -0.3 is 73.4 Å². The first-order valence-electron chi connectivity index (χ1n) is 21.9. The number of ketones is 2. The number of hydrogen-bond acceptors (Lipinski definition) is 18. The predicted molar refractivity (Wildman–Crippen MR) is 231 cm³/mol. The maximum atomic E-state index is 13.9. The van der Waals surface area contributed by atoms with E-state index in [2.05, 4.69) is 0 Å². The van der Waals surface area contributed by atoms with Crippen LogP contribution >= 0.6 is 0 Å². The van der Waals surface area contributed by atoms with E-state index in [4.69, 9.17) is 37.3 Å². The zero-order chi connectivity index (χ0) is 47.7. The second-order valence-corrected chi connectivity index (χ2v) is 17.6. The van der Waals surface area contributed by atoms with Crippen LogP contribution in [0, 0.1) is 11.8 Å². The van der Waals surface area contributed by atoms with Gasteiger partial charge in [0, 0.05) is 58.1 Å². The number of benzene rings is 2. The minimum atomic E-state index is -2.32. The Bertz CT molecular complexity index is 2660. The van der Waals surface area contributed by atoms with E-state index in [9.17, 15) is 49.8 Å². The van der Waals surface area contributed by atoms with Crippen LogP contribution in [0.2, 0.25) is 0 Å². The number of carbonyl (C=O) groups excluding carboxylic acids is 2. The fourth-order valence-corrected chi connectivity index (χ4v) is 12.0. The van der Waals surface area contributed by atoms with E-state index in [-0.39, 0.29) is 86.6 Å². The molecular formula is C48H54O19. The van der Waals surface area contributed by atoms with Crippen molar-refractivity contribution in [2.24, 2.45) is 11.8 Å². The summed E-state index contributed by atoms with van der Waals surface area (Å²) in [5.41, 5.74) is -4.38. The van der Waals surface area contributed by atoms with E-state index in [1.54, 1.807) is 0 Å². The number of fused-ring (bicyclic) bond motifs is 8. The first-order valence-corrected chi connectivity index (χ1v) is 21.9. The van der Waals surface area contributed by atoms with E-state index in [0.29, 0.717) is 47.9 Å². The topological polar surface area (TPSA) is 303 Å². The summed E-state index contributed by atoms with van der Waals surface area (Å²) in [5.74, 6) is -9.29. The van der Waals surface area contributed by atoms with Gasteiger partial charge in [-0.2, -0.15) is 0 Å². The molecule has 67 heavy (non-hydrogen) atoms. The second kappa shape index (κ2) is 16.2. The predicted octanol–water partition coefficient (Wildman–Crippen LogP) is 2.70. The SMILES string of the molecule is CCc1c(OC)cc2c(c1O)C(=O)[C@H]1[C@H]3c4c(OC)cc(=O)oc4C[C@]2(O)[C@]1(O)O[C@H]3CC.CCc1c(OC)cc2c(c1O)C(=O)[C@H]1[C@H]3c4c(OC)cc(=O)oc4C[C@]2(O)[C@]1(O)O[C@H]3CC.O. The summed E-state index contributed by atoms with van der Waals surface area (Å²) in [4.78, 5) is 52.4. The molecule has 4 heterocycles. The lowest BCUT2D eigenvalue weighted by Crippen LogP contribution is -2.61. The summed E-state index contributed by atoms with van der Waals surface area (Å²) in [6.07, 6.45) is -0.542. The molecule has 2 aromatic heterocycles. The van der Waals surface area contributed by atoms with Gasteiger partial charge in [0.15, 0.2) is 22.8 Å². The van der Waals surface area contributed by atoms with E-state index < -0.39 is 81.5 Å². The van der Waals surface area contributed by atoms with Crippen molar-refractivity contribution >= 4 is 11.6 Å². The molecule has 0 unspecified atom stereocenters. The average molecular weight is 935 g/mol. The van der Waals surface area contributed by atoms with Crippen molar-refractivity contribution in [3.05, 3.63) is 101 Å². The first-order chi connectivity index (χ1) is 31.3. The third-order valence-electron chi connectivity index (χ3n) is 14.9. The van der Waals surface area contributed by atoms with Gasteiger partial charge in [-0.3, -0.25) is 9.59 Å². The van der Waals surface area contributed by atoms with Gasteiger partial charge in [-0.05, 0) is 37.8 Å². The third-order valence-corrected chi connectivity index (χ3v) is 14.9. The summed E-state index contributed by atoms with van der Waals surface area (Å²) in [6.45, 7) is 7.28. The molecule has 10 rings (SSSR count). The summed E-state index contributed by atoms with van der Waals surface area (Å²) in [7, 11) is 5.61. The molecule has 0 saturated carbocycles. The largest absolute Gasteiger partial charge is 0.507 e. The van der Waals surface area contributed by atoms with Crippen molar-refractivity contribution in [2.75, 3.05) is 28.4 Å². The van der Waals surface area contributed by atoms with Crippen molar-refractivity contribution in [2.45, 2.75) is 113 Å². The van der Waals surface area contributed by atoms with Gasteiger partial charge in [-0.15, -0.1) is 0 Å². The summed E-state index contributed by atoms with van der Waals surface area (Å²) >= 11 is 0. The highest BCUT2D eigenvalue weighted by atomic mass is 16.7. The Hall–Kier alpha value is -5.80. The Kier molecular flexibility index (Phi) is 11.5. The Labute approximate surface area is 382 Å². The average Bonchev–Trinajstić information content (AvgIpc) is 3.75. The Balaban J connectivity index is 0.000000179. The van der Waals surface area contributed by atoms with E-state index >= 15 is 0 Å². The molecule has 2 aliphatic heterocycles. The highest BCUT2D eigenvalue weighted by Gasteiger charge is 2.75. The number of carbonyl (C=O) groups is 2. The van der Waals surface area contributed by atoms with E-state index in [1.165, 1.54) is 52.7 Å². The molecule has 8 bridgehead atoms. The van der Waals surface area contributed by atoms with E-state index in [1.807, 2.05) is 27.7 Å². The van der Waals surface area contributed by atoms with Gasteiger partial charge in [-0.1, -0.05) is 27.7 Å². The lowest BCUT2D eigenvalue weighted by molar-refractivity contribution is -0.309. The minimum Gasteiger partial charge on any atom is -0.507 e. The van der Waals surface area contributed by atoms with Crippen molar-refractivity contribution in [1.29, 1.82) is 0 Å². The molecule has 0 radical (unpaired) electrons. The number of phenols is 2. The normalized spacial score (nSPS) is 31.1. The molecule has 2 aromatic carbocycles. The highest BCUT2D eigenvalue weighted by Crippen LogP contribution is 2.66. The molecule has 8 N–H and O–H groups in total. The first kappa shape index (κ1) is 47.7. The molecule has 0 amide bonds. The van der Waals surface area contributed by atoms with Crippen molar-refractivity contribution in [3.63, 3.8) is 0 Å². The zero-order valence-corrected chi connectivity index (χ0v) is 38.1. The number of methoxy groups -OCH3 is 4. The molecule has 19 nitrogen and oxygen atoms in total. The molecular weight excluding hydrogens is 881 g/mol. The molecule has 2 saturated heterocycles. The van der Waals surface area contributed by atoms with Crippen LogP contribution in [0.3, 0.4) is 0 Å². The van der Waals surface area contributed by atoms with Gasteiger partial charge in [0.25, 0.3) is 0 Å². The summed E-state index contributed by atoms with van der Waals surface area (Å²) < 4.78 is 44.8. The van der Waals surface area contributed by atoms with Gasteiger partial charge in [0.2, 0.25) is 11.6 Å². The maximum Gasteiger partial charge on any atom is 0.339 e. The number of Topliss-reactive ketones (excluding diaryl/α,β-unsaturated/α-hetero) is 2. The quantitative estimate of drug-likeness (QED) is 0.148. The fourth-order valence-electron chi connectivity index (χ4n) is 12.0. The van der Waals surface area contributed by atoms with Crippen LogP contribution in [-0.4, -0.2) is 99.9 Å². The lowest BCUT2D eigenvalue weighted by Gasteiger charge is -2.47. The minimum absolute atomic E-state index is 0. The molecule has 19 heteroatoms. The van der Waals surface area contributed by atoms with Gasteiger partial charge >= 0.3 is 11.3 Å². The molecule has 4 aliphatic carbocycles. The van der Waals surface area contributed by atoms with Crippen molar-refractivity contribution in [1.82, 2.24) is 0 Å². The number of hydrogen-bond donors (Lipinski definition) is 6. The molecule has 6 aliphatic rings. The summed E-state index contributed by atoms with van der Waals surface area (Å²) in [6, 6.07) is 5.24. The number of ether oxygens (including phenoxy) is 6. The standard InChI is InChI=1S/2C24H26O9.H2O/c2*1-5-10-13(30-3)7-11-17(21(10)26)22(27)20-19-12(6-2)33-24(20,29)23(11,28)9-15-18(19)14(31-4)8-16(25)32-15;/h2*7-8,12,19-20,26,28-29H,5-6,9H2,1-4H3;1H2/t2*12-,19+,20+,23+,24+;/m00./s1. The zero-order valence-electron chi connectivity index (χ0n) is 38.1. The number of aromatic hydroxyl groups is 2. The van der Waals surface area contributed by atoms with Crippen molar-refractivity contribution in [3.8, 4) is 34.5 Å². The van der Waals surface area contributed by atoms with Crippen LogP contribution in [0.5, 0.6) is 34.5 Å². The van der Waals surface area contributed by atoms with Crippen LogP contribution in [0.25, 0.3) is 0 Å². The third kappa shape index (κ3) is 6.01. The smallest absolute Gasteiger partial charge is 0.339 e. The maximum absolute atomic E-state index is 13.9. The molecule has 10 atom stereocenters. The fraction of sp³-hybridized carbons (Fsp3) is 0.500. The molecule has 4 aromatic rings. The summed E-state index contributed by atoms with van der Waals surface area (Å²) in [5, 5.41) is 70.2. The highest BCUT2D eigenvalue weighted by molar-refractivity contribution is 6.07. The van der Waals surface area contributed by atoms with Crippen LogP contribution in [0.4, 0.5) is 0 Å². The lowest BCUT2D eigenvalue weighted by atomic mass is 9.64. The number of aliphatic hydroxyl groups is 4. The number of phenolic OH excluding ortho intramolecular Hbond substituents is 2. The van der Waals surface area contributed by atoms with Gasteiger partial charge in [0.1, 0.15) is 46.0 Å². The van der Waals surface area contributed by atoms with Crippen LogP contribution in [-0.2, 0) is 46.4 Å². The monoisotopic (exact) mass is 934 g/mol. The van der Waals surface area contributed by atoms with Crippen LogP contribution < -0.4 is 30.2 Å². The molecule has 360 valence electrons. The molecule has 0 spiro atoms. The van der Waals surface area contributed by atoms with Gasteiger partial charge in [-0.25, -0.2) is 9.59 Å². The Morgan fingerprint density at radius 1 is 0.567 bits per heavy atom. The van der Waals surface area contributed by atoms with Crippen LogP contribution in [0.15, 0.2) is 42.7 Å². The van der Waals surface area contributed by atoms with Crippen LogP contribution in [0.1, 0.15) is 118 Å². The molecule has 2 fully saturated rings. The Morgan fingerprint density at radius 2 is 0.910 bits per heavy atom. The van der Waals surface area contributed by atoms with Crippen molar-refractivity contribution < 1.29 is 83.0 Å². The Morgan fingerprint density at radius 3 is 1.21 bits per heavy atom.